The summed E-state index contributed by atoms with van der Waals surface area (Å²) in [4.78, 5) is 0. The van der Waals surface area contributed by atoms with Gasteiger partial charge in [0.15, 0.2) is 0 Å². The summed E-state index contributed by atoms with van der Waals surface area (Å²) in [7, 11) is 0.314. The molecule has 0 heterocycles. The Morgan fingerprint density at radius 2 is 2.00 bits per heavy atom. The maximum Gasteiger partial charge on any atom is -0.00739 e. The highest BCUT2D eigenvalue weighted by molar-refractivity contribution is 7.55. The molecule has 0 atom stereocenters. The smallest absolute Gasteiger partial charge is 0.00739 e. The molecule has 2 N–H and O–H groups in total. The van der Waals surface area contributed by atoms with Crippen LogP contribution in [0.15, 0.2) is 0 Å². The molecule has 0 aromatic rings. The predicted molar refractivity (Wildman–Crippen MR) is 37.3 cm³/mol. The Balaban J connectivity index is 2.68. The summed E-state index contributed by atoms with van der Waals surface area (Å²) in [6.45, 7) is 5.43. The molecule has 0 fully saturated rings. The zero-order valence-corrected chi connectivity index (χ0v) is 6.04. The van der Waals surface area contributed by atoms with E-state index in [0.29, 0.717) is 7.92 Å². The van der Waals surface area contributed by atoms with Gasteiger partial charge in [-0.2, -0.15) is 0 Å². The molecule has 0 saturated carbocycles. The molecular formula is C5H14NP. The molecule has 0 saturated heterocycles. The van der Waals surface area contributed by atoms with Crippen molar-refractivity contribution in [3.8, 4) is 0 Å². The maximum absolute atomic E-state index is 5.29. The van der Waals surface area contributed by atoms with Crippen LogP contribution >= 0.6 is 7.92 Å². The number of hydrogen-bond acceptors (Lipinski definition) is 1. The quantitative estimate of drug-likeness (QED) is 0.553. The van der Waals surface area contributed by atoms with Crippen molar-refractivity contribution in [1.82, 2.24) is 0 Å². The Morgan fingerprint density at radius 1 is 1.43 bits per heavy atom. The molecular weight excluding hydrogens is 105 g/mol. The van der Waals surface area contributed by atoms with Crippen molar-refractivity contribution in [2.45, 2.75) is 6.42 Å². The van der Waals surface area contributed by atoms with Crippen LogP contribution in [0.3, 0.4) is 0 Å². The van der Waals surface area contributed by atoms with Gasteiger partial charge in [0.25, 0.3) is 0 Å². The normalized spacial score (nSPS) is 10.3. The molecule has 0 aliphatic heterocycles. The third kappa shape index (κ3) is 6.39. The summed E-state index contributed by atoms with van der Waals surface area (Å²) in [6, 6.07) is 0. The summed E-state index contributed by atoms with van der Waals surface area (Å²) in [6.07, 6.45) is 2.55. The minimum absolute atomic E-state index is 0.314. The molecule has 0 aromatic heterocycles. The van der Waals surface area contributed by atoms with Crippen molar-refractivity contribution in [2.75, 3.05) is 26.0 Å². The minimum Gasteiger partial charge on any atom is -0.330 e. The van der Waals surface area contributed by atoms with E-state index in [0.717, 1.165) is 6.54 Å². The van der Waals surface area contributed by atoms with Crippen LogP contribution in [0.2, 0.25) is 0 Å². The van der Waals surface area contributed by atoms with Crippen LogP contribution in [0, 0.1) is 0 Å². The molecule has 0 amide bonds. The third-order valence-corrected chi connectivity index (χ3v) is 2.02. The zero-order chi connectivity index (χ0) is 5.70. The fourth-order valence-electron chi connectivity index (χ4n) is 0.408. The highest BCUT2D eigenvalue weighted by Crippen LogP contribution is 2.23. The lowest BCUT2D eigenvalue weighted by molar-refractivity contribution is 0.939. The van der Waals surface area contributed by atoms with Gasteiger partial charge in [0.2, 0.25) is 0 Å². The van der Waals surface area contributed by atoms with Gasteiger partial charge in [-0.15, -0.1) is 7.92 Å². The summed E-state index contributed by atoms with van der Waals surface area (Å²) >= 11 is 0. The lowest BCUT2D eigenvalue weighted by Crippen LogP contribution is -1.99. The summed E-state index contributed by atoms with van der Waals surface area (Å²) in [5, 5.41) is 0. The molecule has 7 heavy (non-hydrogen) atoms. The monoisotopic (exact) mass is 119 g/mol. The Kier molecular flexibility index (Phi) is 4.80. The third-order valence-electron chi connectivity index (χ3n) is 0.809. The predicted octanol–water partition coefficient (Wildman–Crippen LogP) is 1.08. The standard InChI is InChI=1S/C5H14NP/c1-7(2)5-3-4-6/h3-6H2,1-2H3. The van der Waals surface area contributed by atoms with Gasteiger partial charge in [-0.25, -0.2) is 0 Å². The highest BCUT2D eigenvalue weighted by Gasteiger charge is 1.87. The van der Waals surface area contributed by atoms with E-state index < -0.39 is 0 Å². The topological polar surface area (TPSA) is 26.0 Å². The second kappa shape index (κ2) is 4.55. The van der Waals surface area contributed by atoms with Gasteiger partial charge < -0.3 is 5.73 Å². The SMILES string of the molecule is CP(C)CCCN. The Labute approximate surface area is 47.0 Å². The molecule has 1 nitrogen and oxygen atoms in total. The largest absolute Gasteiger partial charge is 0.330 e. The summed E-state index contributed by atoms with van der Waals surface area (Å²) in [5.74, 6) is 0. The Morgan fingerprint density at radius 3 is 2.14 bits per heavy atom. The fourth-order valence-corrected chi connectivity index (χ4v) is 1.22. The fraction of sp³-hybridized carbons (Fsp3) is 1.00. The second-order valence-electron chi connectivity index (χ2n) is 1.95. The molecule has 0 aliphatic carbocycles. The van der Waals surface area contributed by atoms with Crippen molar-refractivity contribution in [3.63, 3.8) is 0 Å². The van der Waals surface area contributed by atoms with E-state index in [2.05, 4.69) is 13.3 Å². The van der Waals surface area contributed by atoms with Gasteiger partial charge in [-0.1, -0.05) is 0 Å². The Hall–Kier alpha value is 0.390. The van der Waals surface area contributed by atoms with E-state index in [1.54, 1.807) is 0 Å². The summed E-state index contributed by atoms with van der Waals surface area (Å²) < 4.78 is 0. The second-order valence-corrected chi connectivity index (χ2v) is 4.55. The van der Waals surface area contributed by atoms with Gasteiger partial charge in [-0.05, 0) is 32.5 Å². The van der Waals surface area contributed by atoms with Crippen LogP contribution in [0.1, 0.15) is 6.42 Å². The lowest BCUT2D eigenvalue weighted by atomic mass is 10.5. The zero-order valence-electron chi connectivity index (χ0n) is 5.15. The minimum atomic E-state index is 0.314. The molecule has 2 heteroatoms. The van der Waals surface area contributed by atoms with E-state index >= 15 is 0 Å². The van der Waals surface area contributed by atoms with Crippen molar-refractivity contribution in [2.24, 2.45) is 5.73 Å². The van der Waals surface area contributed by atoms with Crippen molar-refractivity contribution in [3.05, 3.63) is 0 Å². The van der Waals surface area contributed by atoms with E-state index in [4.69, 9.17) is 5.73 Å². The van der Waals surface area contributed by atoms with Gasteiger partial charge in [0.05, 0.1) is 0 Å². The average Bonchev–Trinajstić information content (AvgIpc) is 1.61. The molecule has 0 spiro atoms. The first kappa shape index (κ1) is 7.39. The lowest BCUT2D eigenvalue weighted by Gasteiger charge is -2.00. The van der Waals surface area contributed by atoms with E-state index in [1.807, 2.05) is 0 Å². The molecule has 0 unspecified atom stereocenters. The first-order valence-corrected chi connectivity index (χ1v) is 5.04. The van der Waals surface area contributed by atoms with Gasteiger partial charge in [0.1, 0.15) is 0 Å². The first-order chi connectivity index (χ1) is 3.27. The van der Waals surface area contributed by atoms with Gasteiger partial charge in [-0.3, -0.25) is 0 Å². The molecule has 0 aromatic carbocycles. The van der Waals surface area contributed by atoms with Crippen LogP contribution < -0.4 is 5.73 Å². The first-order valence-electron chi connectivity index (χ1n) is 2.62. The molecule has 0 rings (SSSR count). The van der Waals surface area contributed by atoms with Crippen molar-refractivity contribution < 1.29 is 0 Å². The average molecular weight is 119 g/mol. The van der Waals surface area contributed by atoms with Crippen molar-refractivity contribution >= 4 is 7.92 Å². The van der Waals surface area contributed by atoms with Crippen LogP contribution in [-0.2, 0) is 0 Å². The highest BCUT2D eigenvalue weighted by atomic mass is 31.1. The van der Waals surface area contributed by atoms with Gasteiger partial charge >= 0.3 is 0 Å². The maximum atomic E-state index is 5.29. The van der Waals surface area contributed by atoms with Crippen LogP contribution in [-0.4, -0.2) is 26.0 Å². The number of nitrogens with two attached hydrogens (primary N) is 1. The van der Waals surface area contributed by atoms with Gasteiger partial charge in [0, 0.05) is 0 Å². The van der Waals surface area contributed by atoms with Crippen molar-refractivity contribution in [1.29, 1.82) is 0 Å². The van der Waals surface area contributed by atoms with Crippen LogP contribution in [0.25, 0.3) is 0 Å². The van der Waals surface area contributed by atoms with E-state index in [-0.39, 0.29) is 0 Å². The summed E-state index contributed by atoms with van der Waals surface area (Å²) in [5.41, 5.74) is 5.29. The molecule has 0 aliphatic rings. The van der Waals surface area contributed by atoms with E-state index in [1.165, 1.54) is 12.6 Å². The molecule has 44 valence electrons. The van der Waals surface area contributed by atoms with E-state index in [9.17, 15) is 0 Å². The Bertz CT molecular complexity index is 37.1. The number of hydrogen-bond donors (Lipinski definition) is 1. The molecule has 0 bridgehead atoms. The number of rotatable bonds is 3. The van der Waals surface area contributed by atoms with Crippen LogP contribution in [0.4, 0.5) is 0 Å². The molecule has 0 radical (unpaired) electrons. The van der Waals surface area contributed by atoms with Crippen LogP contribution in [0.5, 0.6) is 0 Å².